The van der Waals surface area contributed by atoms with Crippen LogP contribution in [-0.2, 0) is 5.41 Å². The molecule has 1 aromatic heterocycles. The van der Waals surface area contributed by atoms with E-state index in [2.05, 4.69) is 193 Å². The van der Waals surface area contributed by atoms with Crippen molar-refractivity contribution in [1.29, 1.82) is 0 Å². The molecule has 246 valence electrons. The highest BCUT2D eigenvalue weighted by Crippen LogP contribution is 2.61. The zero-order valence-electron chi connectivity index (χ0n) is 28.8. The summed E-state index contributed by atoms with van der Waals surface area (Å²) in [5, 5.41) is 7.87. The first-order chi connectivity index (χ1) is 26.3. The Morgan fingerprint density at radius 1 is 0.340 bits per heavy atom. The predicted molar refractivity (Wildman–Crippen MR) is 225 cm³/mol. The summed E-state index contributed by atoms with van der Waals surface area (Å²) in [5.41, 5.74) is 13.4. The number of rotatable bonds is 3. The van der Waals surface area contributed by atoms with Gasteiger partial charge in [0, 0.05) is 37.2 Å². The molecule has 2 aliphatic carbocycles. The van der Waals surface area contributed by atoms with E-state index in [1.807, 2.05) is 11.3 Å². The summed E-state index contributed by atoms with van der Waals surface area (Å²) >= 11 is 1.87. The van der Waals surface area contributed by atoms with Crippen LogP contribution >= 0.6 is 11.3 Å². The zero-order valence-corrected chi connectivity index (χ0v) is 29.6. The number of thiophene rings is 1. The van der Waals surface area contributed by atoms with Crippen LogP contribution < -0.4 is 4.90 Å². The van der Waals surface area contributed by atoms with Gasteiger partial charge in [-0.1, -0.05) is 146 Å². The van der Waals surface area contributed by atoms with Crippen LogP contribution in [0.1, 0.15) is 22.3 Å². The molecule has 0 saturated carbocycles. The van der Waals surface area contributed by atoms with Gasteiger partial charge in [0.1, 0.15) is 0 Å². The van der Waals surface area contributed by atoms with Crippen LogP contribution in [0, 0.1) is 0 Å². The first-order valence-electron chi connectivity index (χ1n) is 18.3. The van der Waals surface area contributed by atoms with Gasteiger partial charge in [-0.2, -0.15) is 0 Å². The lowest BCUT2D eigenvalue weighted by atomic mass is 9.55. The van der Waals surface area contributed by atoms with Gasteiger partial charge in [-0.25, -0.2) is 0 Å². The molecule has 1 spiro atoms. The van der Waals surface area contributed by atoms with E-state index in [4.69, 9.17) is 0 Å². The van der Waals surface area contributed by atoms with Gasteiger partial charge in [0.05, 0.1) is 5.41 Å². The third-order valence-corrected chi connectivity index (χ3v) is 13.0. The van der Waals surface area contributed by atoms with E-state index < -0.39 is 5.41 Å². The Labute approximate surface area is 311 Å². The highest BCUT2D eigenvalue weighted by molar-refractivity contribution is 7.25. The molecule has 0 aliphatic heterocycles. The molecular formula is C51H31NS. The maximum atomic E-state index is 2.51. The Bertz CT molecular complexity index is 3110. The predicted octanol–water partition coefficient (Wildman–Crippen LogP) is 14.2. The van der Waals surface area contributed by atoms with Crippen LogP contribution in [0.15, 0.2) is 188 Å². The lowest BCUT2D eigenvalue weighted by Gasteiger charge is -2.46. The maximum absolute atomic E-state index is 2.51. The van der Waals surface area contributed by atoms with Crippen LogP contribution in [0.5, 0.6) is 0 Å². The molecule has 1 heterocycles. The largest absolute Gasteiger partial charge is 0.310 e. The highest BCUT2D eigenvalue weighted by Gasteiger charge is 2.48. The number of para-hydroxylation sites is 1. The van der Waals surface area contributed by atoms with Gasteiger partial charge in [0.25, 0.3) is 0 Å². The van der Waals surface area contributed by atoms with Gasteiger partial charge in [0.2, 0.25) is 0 Å². The summed E-state index contributed by atoms with van der Waals surface area (Å²) in [6.07, 6.45) is 0. The molecule has 0 amide bonds. The topological polar surface area (TPSA) is 3.24 Å². The second-order valence-electron chi connectivity index (χ2n) is 14.4. The second-order valence-corrected chi connectivity index (χ2v) is 15.5. The molecule has 10 aromatic rings. The fraction of sp³-hybridized carbons (Fsp3) is 0.0196. The van der Waals surface area contributed by atoms with Crippen molar-refractivity contribution < 1.29 is 0 Å². The van der Waals surface area contributed by atoms with E-state index in [0.29, 0.717) is 0 Å². The van der Waals surface area contributed by atoms with Crippen LogP contribution in [0.3, 0.4) is 0 Å². The van der Waals surface area contributed by atoms with E-state index in [-0.39, 0.29) is 0 Å². The minimum Gasteiger partial charge on any atom is -0.310 e. The minimum absolute atomic E-state index is 0.540. The van der Waals surface area contributed by atoms with Crippen molar-refractivity contribution in [3.8, 4) is 22.3 Å². The molecule has 53 heavy (non-hydrogen) atoms. The number of hydrogen-bond donors (Lipinski definition) is 0. The Hall–Kier alpha value is -6.48. The quantitative estimate of drug-likeness (QED) is 0.178. The zero-order chi connectivity index (χ0) is 34.7. The Morgan fingerprint density at radius 2 is 0.887 bits per heavy atom. The number of anilines is 3. The van der Waals surface area contributed by atoms with Gasteiger partial charge < -0.3 is 4.90 Å². The number of nitrogens with zero attached hydrogens (tertiary/aromatic N) is 1. The lowest BCUT2D eigenvalue weighted by Crippen LogP contribution is -2.36. The molecule has 1 atom stereocenters. The van der Waals surface area contributed by atoms with E-state index in [1.54, 1.807) is 0 Å². The Kier molecular flexibility index (Phi) is 5.92. The first kappa shape index (κ1) is 29.1. The van der Waals surface area contributed by atoms with Crippen molar-refractivity contribution in [1.82, 2.24) is 0 Å². The molecule has 1 unspecified atom stereocenters. The molecule has 9 aromatic carbocycles. The van der Waals surface area contributed by atoms with Crippen LogP contribution in [-0.4, -0.2) is 0 Å². The molecular weight excluding hydrogens is 659 g/mol. The van der Waals surface area contributed by atoms with E-state index in [9.17, 15) is 0 Å². The smallest absolute Gasteiger partial charge is 0.0726 e. The average Bonchev–Trinajstić information content (AvgIpc) is 3.59. The van der Waals surface area contributed by atoms with Crippen LogP contribution in [0.2, 0.25) is 0 Å². The fourth-order valence-corrected chi connectivity index (χ4v) is 10.9. The van der Waals surface area contributed by atoms with Gasteiger partial charge in [-0.15, -0.1) is 11.3 Å². The molecule has 0 fully saturated rings. The lowest BCUT2D eigenvalue weighted by molar-refractivity contribution is 0.754. The second kappa shape index (κ2) is 10.8. The van der Waals surface area contributed by atoms with Crippen LogP contribution in [0.4, 0.5) is 17.1 Å². The minimum atomic E-state index is -0.540. The van der Waals surface area contributed by atoms with Gasteiger partial charge in [-0.3, -0.25) is 0 Å². The van der Waals surface area contributed by atoms with Gasteiger partial charge in [-0.05, 0) is 109 Å². The summed E-state index contributed by atoms with van der Waals surface area (Å²) in [5.74, 6) is 0. The SMILES string of the molecule is c1ccc(N(c2ccc3c(c2)C2(c4ccccc4-c4cccc5cccc2c45)c2cccc4cccc-3c24)c2ccc3c(c2)sc2ccccc23)cc1. The summed E-state index contributed by atoms with van der Waals surface area (Å²) in [6.45, 7) is 0. The summed E-state index contributed by atoms with van der Waals surface area (Å²) in [7, 11) is 0. The molecule has 1 nitrogen and oxygen atoms in total. The normalized spacial score (nSPS) is 15.2. The molecule has 0 N–H and O–H groups in total. The van der Waals surface area contributed by atoms with E-state index >= 15 is 0 Å². The fourth-order valence-electron chi connectivity index (χ4n) is 9.77. The maximum Gasteiger partial charge on any atom is 0.0726 e. The van der Waals surface area contributed by atoms with Crippen molar-refractivity contribution in [2.24, 2.45) is 0 Å². The third-order valence-electron chi connectivity index (χ3n) is 11.8. The molecule has 2 heteroatoms. The standard InChI is InChI=1S/C51H31NS/c1-2-16-34(17-3-1)52(36-27-29-40-39-19-5-7-25-47(39)53-48(40)31-36)35-26-28-38-42-21-9-13-33-15-11-24-45(50(33)42)51(46(38)30-35)43-22-6-4-18-37(43)41-20-8-12-32-14-10-23-44(51)49(32)41/h1-31H. The van der Waals surface area contributed by atoms with Crippen molar-refractivity contribution in [2.75, 3.05) is 4.90 Å². The Balaban J connectivity index is 1.21. The van der Waals surface area contributed by atoms with E-state index in [0.717, 1.165) is 17.1 Å². The van der Waals surface area contributed by atoms with Crippen molar-refractivity contribution >= 4 is 70.1 Å². The first-order valence-corrected chi connectivity index (χ1v) is 19.2. The molecule has 0 saturated heterocycles. The molecule has 0 radical (unpaired) electrons. The van der Waals surface area contributed by atoms with Gasteiger partial charge in [0.15, 0.2) is 0 Å². The van der Waals surface area contributed by atoms with Crippen molar-refractivity contribution in [3.63, 3.8) is 0 Å². The monoisotopic (exact) mass is 689 g/mol. The summed E-state index contributed by atoms with van der Waals surface area (Å²) < 4.78 is 2.61. The van der Waals surface area contributed by atoms with Gasteiger partial charge >= 0.3 is 0 Å². The Morgan fingerprint density at radius 3 is 1.64 bits per heavy atom. The molecule has 12 rings (SSSR count). The van der Waals surface area contributed by atoms with Crippen molar-refractivity contribution in [2.45, 2.75) is 5.41 Å². The summed E-state index contributed by atoms with van der Waals surface area (Å²) in [6, 6.07) is 70.5. The molecule has 0 bridgehead atoms. The highest BCUT2D eigenvalue weighted by atomic mass is 32.1. The average molecular weight is 690 g/mol. The van der Waals surface area contributed by atoms with Crippen molar-refractivity contribution in [3.05, 3.63) is 210 Å². The third kappa shape index (κ3) is 3.86. The number of benzene rings is 9. The van der Waals surface area contributed by atoms with Crippen LogP contribution in [0.25, 0.3) is 64.0 Å². The molecule has 2 aliphatic rings. The van der Waals surface area contributed by atoms with E-state index in [1.165, 1.54) is 86.2 Å². The number of fused-ring (bicyclic) bond motifs is 11. The summed E-state index contributed by atoms with van der Waals surface area (Å²) in [4.78, 5) is 2.45. The number of hydrogen-bond acceptors (Lipinski definition) is 2.